The van der Waals surface area contributed by atoms with E-state index in [2.05, 4.69) is 228 Å². The Balaban J connectivity index is 0.955. The van der Waals surface area contributed by atoms with Crippen molar-refractivity contribution in [3.8, 4) is 39.1 Å². The first kappa shape index (κ1) is 34.9. The summed E-state index contributed by atoms with van der Waals surface area (Å²) in [4.78, 5) is 2.35. The molecule has 0 saturated carbocycles. The van der Waals surface area contributed by atoms with Crippen LogP contribution < -0.4 is 4.90 Å². The van der Waals surface area contributed by atoms with Crippen molar-refractivity contribution in [2.24, 2.45) is 0 Å². The van der Waals surface area contributed by atoms with Crippen molar-refractivity contribution < 1.29 is 4.42 Å². The van der Waals surface area contributed by atoms with Gasteiger partial charge >= 0.3 is 0 Å². The van der Waals surface area contributed by atoms with Crippen LogP contribution in [0.4, 0.5) is 17.1 Å². The first-order chi connectivity index (χ1) is 30.3. The van der Waals surface area contributed by atoms with Crippen LogP contribution in [0.2, 0.25) is 0 Å². The number of furan rings is 1. The topological polar surface area (TPSA) is 21.3 Å². The van der Waals surface area contributed by atoms with Crippen LogP contribution in [0, 0.1) is 0 Å². The fourth-order valence-corrected chi connectivity index (χ4v) is 9.37. The summed E-state index contributed by atoms with van der Waals surface area (Å²) < 4.78 is 8.85. The Labute approximate surface area is 353 Å². The number of aromatic nitrogens is 1. The highest BCUT2D eigenvalue weighted by Gasteiger charge is 2.19. The van der Waals surface area contributed by atoms with Crippen LogP contribution in [0.25, 0.3) is 93.6 Å². The maximum absolute atomic E-state index is 6.43. The van der Waals surface area contributed by atoms with Gasteiger partial charge in [-0.2, -0.15) is 0 Å². The maximum Gasteiger partial charge on any atom is 0.143 e. The van der Waals surface area contributed by atoms with Crippen LogP contribution in [0.3, 0.4) is 0 Å². The molecule has 10 aromatic carbocycles. The van der Waals surface area contributed by atoms with Crippen LogP contribution in [0.15, 0.2) is 235 Å². The van der Waals surface area contributed by atoms with E-state index in [9.17, 15) is 0 Å². The van der Waals surface area contributed by atoms with Crippen molar-refractivity contribution in [1.82, 2.24) is 4.57 Å². The van der Waals surface area contributed by atoms with Crippen LogP contribution in [-0.4, -0.2) is 4.57 Å². The molecule has 3 heteroatoms. The number of hydrogen-bond donors (Lipinski definition) is 0. The van der Waals surface area contributed by atoms with Crippen LogP contribution >= 0.6 is 0 Å². The lowest BCUT2D eigenvalue weighted by atomic mass is 9.93. The number of hydrogen-bond acceptors (Lipinski definition) is 2. The van der Waals surface area contributed by atoms with Gasteiger partial charge in [-0.1, -0.05) is 170 Å². The molecule has 0 spiro atoms. The summed E-state index contributed by atoms with van der Waals surface area (Å²) in [6, 6.07) is 82.9. The van der Waals surface area contributed by atoms with Crippen molar-refractivity contribution in [3.05, 3.63) is 231 Å². The van der Waals surface area contributed by atoms with Gasteiger partial charge in [0.2, 0.25) is 0 Å². The summed E-state index contributed by atoms with van der Waals surface area (Å²) in [7, 11) is 0. The molecule has 0 N–H and O–H groups in total. The average molecular weight is 779 g/mol. The highest BCUT2D eigenvalue weighted by atomic mass is 16.3. The lowest BCUT2D eigenvalue weighted by Crippen LogP contribution is -2.09. The number of para-hydroxylation sites is 5. The first-order valence-corrected chi connectivity index (χ1v) is 20.8. The molecule has 12 rings (SSSR count). The number of benzene rings is 10. The normalized spacial score (nSPS) is 11.6. The van der Waals surface area contributed by atoms with Gasteiger partial charge in [-0.3, -0.25) is 0 Å². The van der Waals surface area contributed by atoms with Gasteiger partial charge in [0.25, 0.3) is 0 Å². The minimum atomic E-state index is 0.905. The minimum Gasteiger partial charge on any atom is -0.455 e. The van der Waals surface area contributed by atoms with Gasteiger partial charge in [0, 0.05) is 49.7 Å². The first-order valence-electron chi connectivity index (χ1n) is 20.8. The second-order valence-corrected chi connectivity index (χ2v) is 15.7. The Bertz CT molecular complexity index is 3540. The summed E-state index contributed by atoms with van der Waals surface area (Å²) in [5.74, 6) is 0. The van der Waals surface area contributed by atoms with Crippen LogP contribution in [0.5, 0.6) is 0 Å². The zero-order valence-corrected chi connectivity index (χ0v) is 33.2. The highest BCUT2D eigenvalue weighted by Crippen LogP contribution is 2.43. The molecule has 0 aliphatic carbocycles. The van der Waals surface area contributed by atoms with E-state index >= 15 is 0 Å². The van der Waals surface area contributed by atoms with E-state index in [-0.39, 0.29) is 0 Å². The van der Waals surface area contributed by atoms with E-state index in [0.717, 1.165) is 61.4 Å². The second-order valence-electron chi connectivity index (χ2n) is 15.7. The lowest BCUT2D eigenvalue weighted by Gasteiger charge is -2.26. The fourth-order valence-electron chi connectivity index (χ4n) is 9.37. The number of anilines is 3. The average Bonchev–Trinajstić information content (AvgIpc) is 3.88. The summed E-state index contributed by atoms with van der Waals surface area (Å²) in [6.07, 6.45) is 0. The molecule has 2 heterocycles. The monoisotopic (exact) mass is 778 g/mol. The van der Waals surface area contributed by atoms with E-state index in [1.165, 1.54) is 49.3 Å². The zero-order chi connectivity index (χ0) is 40.3. The van der Waals surface area contributed by atoms with Gasteiger partial charge in [0.15, 0.2) is 0 Å². The molecule has 3 nitrogen and oxygen atoms in total. The number of fused-ring (bicyclic) bond motifs is 7. The molecule has 0 aliphatic heterocycles. The third kappa shape index (κ3) is 5.82. The Hall–Kier alpha value is -8.14. The standard InChI is InChI=1S/C58H38N2O/c1-2-15-42-38-45(37-28-39(42)14-1)59(44-35-31-41(32-36-44)47-22-13-23-53-52-21-8-12-27-57(52)61-58(47)53)43-33-29-40(30-34-43)46-16-3-4-17-48(46)49-18-5-9-24-54(49)60-55-25-10-6-19-50(55)51-20-7-11-26-56(51)60/h1-38H. The highest BCUT2D eigenvalue weighted by molar-refractivity contribution is 6.11. The molecule has 2 aromatic heterocycles. The molecule has 0 saturated heterocycles. The van der Waals surface area contributed by atoms with Crippen molar-refractivity contribution in [1.29, 1.82) is 0 Å². The van der Waals surface area contributed by atoms with E-state index in [4.69, 9.17) is 4.42 Å². The summed E-state index contributed by atoms with van der Waals surface area (Å²) in [5.41, 5.74) is 15.5. The SMILES string of the molecule is c1ccc(-c2ccccc2-n2c3ccccc3c3ccccc32)c(-c2ccc(N(c3ccc(-c4cccc5c4oc4ccccc45)cc3)c3ccc4ccccc4c3)cc2)c1. The number of nitrogens with zero attached hydrogens (tertiary/aromatic N) is 2. The van der Waals surface area contributed by atoms with Crippen molar-refractivity contribution in [2.75, 3.05) is 4.90 Å². The third-order valence-corrected chi connectivity index (χ3v) is 12.2. The molecule has 0 aliphatic rings. The third-order valence-electron chi connectivity index (χ3n) is 12.2. The van der Waals surface area contributed by atoms with Crippen LogP contribution in [0.1, 0.15) is 0 Å². The largest absolute Gasteiger partial charge is 0.455 e. The molecule has 12 aromatic rings. The van der Waals surface area contributed by atoms with Gasteiger partial charge in [0.05, 0.1) is 16.7 Å². The van der Waals surface area contributed by atoms with Crippen molar-refractivity contribution in [2.45, 2.75) is 0 Å². The lowest BCUT2D eigenvalue weighted by molar-refractivity contribution is 0.670. The van der Waals surface area contributed by atoms with E-state index in [1.807, 2.05) is 12.1 Å². The summed E-state index contributed by atoms with van der Waals surface area (Å²) in [5, 5.41) is 7.19. The molecular weight excluding hydrogens is 741 g/mol. The molecule has 0 atom stereocenters. The Morgan fingerprint density at radius 2 is 0.836 bits per heavy atom. The molecule has 0 bridgehead atoms. The Kier molecular flexibility index (Phi) is 8.17. The molecule has 0 fully saturated rings. The summed E-state index contributed by atoms with van der Waals surface area (Å²) >= 11 is 0. The zero-order valence-electron chi connectivity index (χ0n) is 33.2. The van der Waals surface area contributed by atoms with Crippen molar-refractivity contribution >= 4 is 71.6 Å². The molecular formula is C58H38N2O. The van der Waals surface area contributed by atoms with E-state index in [0.29, 0.717) is 0 Å². The molecule has 61 heavy (non-hydrogen) atoms. The molecule has 0 unspecified atom stereocenters. The predicted octanol–water partition coefficient (Wildman–Crippen LogP) is 16.3. The Morgan fingerprint density at radius 3 is 1.56 bits per heavy atom. The molecule has 286 valence electrons. The Morgan fingerprint density at radius 1 is 0.328 bits per heavy atom. The fraction of sp³-hybridized carbons (Fsp3) is 0. The van der Waals surface area contributed by atoms with Gasteiger partial charge in [-0.15, -0.1) is 0 Å². The quantitative estimate of drug-likeness (QED) is 0.161. The molecule has 0 radical (unpaired) electrons. The predicted molar refractivity (Wildman–Crippen MR) is 257 cm³/mol. The van der Waals surface area contributed by atoms with Gasteiger partial charge in [0.1, 0.15) is 11.2 Å². The number of rotatable bonds is 7. The maximum atomic E-state index is 6.43. The minimum absolute atomic E-state index is 0.905. The van der Waals surface area contributed by atoms with E-state index in [1.54, 1.807) is 0 Å². The van der Waals surface area contributed by atoms with Gasteiger partial charge in [-0.25, -0.2) is 0 Å². The van der Waals surface area contributed by atoms with Crippen molar-refractivity contribution in [3.63, 3.8) is 0 Å². The smallest absolute Gasteiger partial charge is 0.143 e. The summed E-state index contributed by atoms with van der Waals surface area (Å²) in [6.45, 7) is 0. The van der Waals surface area contributed by atoms with Gasteiger partial charge in [-0.05, 0) is 93.7 Å². The van der Waals surface area contributed by atoms with Crippen LogP contribution in [-0.2, 0) is 0 Å². The second kappa shape index (κ2) is 14.3. The van der Waals surface area contributed by atoms with Gasteiger partial charge < -0.3 is 13.9 Å². The van der Waals surface area contributed by atoms with E-state index < -0.39 is 0 Å². The molecule has 0 amide bonds.